The highest BCUT2D eigenvalue weighted by Gasteiger charge is 2.46. The number of nitrogens with one attached hydrogen (secondary N) is 1. The summed E-state index contributed by atoms with van der Waals surface area (Å²) >= 11 is 12.7. The average molecular weight is 300 g/mol. The van der Waals surface area contributed by atoms with Crippen LogP contribution in [0.15, 0.2) is 18.2 Å². The summed E-state index contributed by atoms with van der Waals surface area (Å²) in [5, 5.41) is 15.8. The van der Waals surface area contributed by atoms with Gasteiger partial charge in [0.25, 0.3) is 0 Å². The second kappa shape index (κ2) is 5.25. The van der Waals surface area contributed by atoms with Crippen molar-refractivity contribution in [2.24, 2.45) is 5.92 Å². The van der Waals surface area contributed by atoms with Crippen LogP contribution in [-0.4, -0.2) is 17.3 Å². The molecule has 0 bridgehead atoms. The molecule has 2 fully saturated rings. The number of piperidine rings is 1. The van der Waals surface area contributed by atoms with Gasteiger partial charge in [0.15, 0.2) is 0 Å². The van der Waals surface area contributed by atoms with Gasteiger partial charge in [-0.3, -0.25) is 0 Å². The lowest BCUT2D eigenvalue weighted by Gasteiger charge is -2.48. The van der Waals surface area contributed by atoms with Crippen molar-refractivity contribution in [2.45, 2.75) is 43.7 Å². The molecule has 2 N–H and O–H groups in total. The molecule has 0 radical (unpaired) electrons. The third-order valence-corrected chi connectivity index (χ3v) is 5.36. The predicted octanol–water partition coefficient (Wildman–Crippen LogP) is 3.95. The van der Waals surface area contributed by atoms with Crippen LogP contribution in [-0.2, 0) is 0 Å². The quantitative estimate of drug-likeness (QED) is 0.823. The van der Waals surface area contributed by atoms with Gasteiger partial charge in [0.05, 0.1) is 5.60 Å². The van der Waals surface area contributed by atoms with E-state index < -0.39 is 5.60 Å². The molecule has 0 amide bonds. The maximum absolute atomic E-state index is 10.9. The molecule has 19 heavy (non-hydrogen) atoms. The summed E-state index contributed by atoms with van der Waals surface area (Å²) in [4.78, 5) is 0. The molecule has 2 nitrogen and oxygen atoms in total. The second-order valence-corrected chi connectivity index (χ2v) is 6.59. The summed E-state index contributed by atoms with van der Waals surface area (Å²) in [6.45, 7) is 0.819. The molecule has 1 saturated heterocycles. The number of fused-ring (bicyclic) bond motifs is 1. The van der Waals surface area contributed by atoms with Gasteiger partial charge >= 0.3 is 0 Å². The normalized spacial score (nSPS) is 34.9. The van der Waals surface area contributed by atoms with Gasteiger partial charge in [-0.05, 0) is 37.9 Å². The molecule has 0 unspecified atom stereocenters. The fourth-order valence-electron chi connectivity index (χ4n) is 3.73. The largest absolute Gasteiger partial charge is 0.389 e. The first-order valence-corrected chi connectivity index (χ1v) is 7.77. The number of benzene rings is 1. The Labute approximate surface area is 124 Å². The van der Waals surface area contributed by atoms with E-state index in [0.29, 0.717) is 10.0 Å². The average Bonchev–Trinajstić information content (AvgIpc) is 2.38. The maximum Gasteiger partial charge on any atom is 0.0706 e. The van der Waals surface area contributed by atoms with Gasteiger partial charge in [-0.25, -0.2) is 0 Å². The highest BCUT2D eigenvalue weighted by molar-refractivity contribution is 6.36. The molecule has 3 rings (SSSR count). The molecule has 0 aromatic heterocycles. The lowest BCUT2D eigenvalue weighted by molar-refractivity contribution is -0.0861. The second-order valence-electron chi connectivity index (χ2n) is 5.77. The molecule has 1 aromatic carbocycles. The molecule has 1 heterocycles. The van der Waals surface area contributed by atoms with E-state index in [1.54, 1.807) is 0 Å². The molecular weight excluding hydrogens is 281 g/mol. The molecular formula is C15H19Cl2NO. The van der Waals surface area contributed by atoms with E-state index in [1.807, 2.05) is 18.2 Å². The Morgan fingerprint density at radius 3 is 2.63 bits per heavy atom. The van der Waals surface area contributed by atoms with Crippen molar-refractivity contribution < 1.29 is 5.11 Å². The van der Waals surface area contributed by atoms with Gasteiger partial charge in [0.1, 0.15) is 0 Å². The Hall–Kier alpha value is -0.280. The smallest absolute Gasteiger partial charge is 0.0706 e. The van der Waals surface area contributed by atoms with Gasteiger partial charge < -0.3 is 10.4 Å². The number of hydrogen-bond donors (Lipinski definition) is 2. The van der Waals surface area contributed by atoms with Gasteiger partial charge in [0.2, 0.25) is 0 Å². The first-order valence-electron chi connectivity index (χ1n) is 7.01. The van der Waals surface area contributed by atoms with Crippen LogP contribution in [0, 0.1) is 5.92 Å². The van der Waals surface area contributed by atoms with Crippen molar-refractivity contribution in [3.63, 3.8) is 0 Å². The molecule has 3 atom stereocenters. The standard InChI is InChI=1S/C15H19Cl2NO/c16-11-5-3-6-12(17)13(11)14-10-4-1-2-7-15(10,19)8-9-18-14/h3,5-6,10,14,18-19H,1-2,4,7-9H2/t10-,14+,15-/m1/s1. The van der Waals surface area contributed by atoms with Crippen LogP contribution in [0.3, 0.4) is 0 Å². The Kier molecular flexibility index (Phi) is 3.78. The van der Waals surface area contributed by atoms with E-state index in [2.05, 4.69) is 5.32 Å². The van der Waals surface area contributed by atoms with Gasteiger partial charge in [-0.15, -0.1) is 0 Å². The van der Waals surface area contributed by atoms with E-state index >= 15 is 0 Å². The summed E-state index contributed by atoms with van der Waals surface area (Å²) in [5.41, 5.74) is 0.410. The third kappa shape index (κ3) is 2.40. The van der Waals surface area contributed by atoms with E-state index in [9.17, 15) is 5.11 Å². The zero-order valence-corrected chi connectivity index (χ0v) is 12.3. The van der Waals surface area contributed by atoms with Crippen LogP contribution < -0.4 is 5.32 Å². The number of halogens is 2. The van der Waals surface area contributed by atoms with E-state index in [-0.39, 0.29) is 12.0 Å². The van der Waals surface area contributed by atoms with Crippen molar-refractivity contribution >= 4 is 23.2 Å². The lowest BCUT2D eigenvalue weighted by atomic mass is 9.67. The summed E-state index contributed by atoms with van der Waals surface area (Å²) in [6, 6.07) is 5.69. The Bertz CT molecular complexity index is 455. The fraction of sp³-hybridized carbons (Fsp3) is 0.600. The van der Waals surface area contributed by atoms with Crippen LogP contribution in [0.4, 0.5) is 0 Å². The maximum atomic E-state index is 10.9. The van der Waals surface area contributed by atoms with Crippen molar-refractivity contribution in [2.75, 3.05) is 6.54 Å². The van der Waals surface area contributed by atoms with Crippen molar-refractivity contribution in [1.29, 1.82) is 0 Å². The zero-order valence-electron chi connectivity index (χ0n) is 10.8. The van der Waals surface area contributed by atoms with Crippen molar-refractivity contribution in [1.82, 2.24) is 5.32 Å². The van der Waals surface area contributed by atoms with Gasteiger partial charge in [-0.2, -0.15) is 0 Å². The lowest BCUT2D eigenvalue weighted by Crippen LogP contribution is -2.53. The molecule has 1 aliphatic carbocycles. The van der Waals surface area contributed by atoms with Crippen LogP contribution >= 0.6 is 23.2 Å². The van der Waals surface area contributed by atoms with Gasteiger partial charge in [-0.1, -0.05) is 42.1 Å². The predicted molar refractivity (Wildman–Crippen MR) is 78.7 cm³/mol. The summed E-state index contributed by atoms with van der Waals surface area (Å²) in [5.74, 6) is 0.215. The number of hydrogen-bond acceptors (Lipinski definition) is 2. The zero-order chi connectivity index (χ0) is 13.5. The summed E-state index contributed by atoms with van der Waals surface area (Å²) < 4.78 is 0. The molecule has 104 valence electrons. The summed E-state index contributed by atoms with van der Waals surface area (Å²) in [6.07, 6.45) is 5.06. The topological polar surface area (TPSA) is 32.3 Å². The minimum atomic E-state index is -0.545. The molecule has 2 aliphatic rings. The molecule has 1 aliphatic heterocycles. The van der Waals surface area contributed by atoms with Crippen LogP contribution in [0.5, 0.6) is 0 Å². The monoisotopic (exact) mass is 299 g/mol. The van der Waals surface area contributed by atoms with Crippen LogP contribution in [0.2, 0.25) is 10.0 Å². The Morgan fingerprint density at radius 1 is 1.16 bits per heavy atom. The highest BCUT2D eigenvalue weighted by atomic mass is 35.5. The molecule has 0 spiro atoms. The highest BCUT2D eigenvalue weighted by Crippen LogP contribution is 2.48. The molecule has 4 heteroatoms. The molecule has 1 aromatic rings. The number of rotatable bonds is 1. The summed E-state index contributed by atoms with van der Waals surface area (Å²) in [7, 11) is 0. The Morgan fingerprint density at radius 2 is 1.89 bits per heavy atom. The van der Waals surface area contributed by atoms with E-state index in [0.717, 1.165) is 37.8 Å². The minimum absolute atomic E-state index is 0.0697. The SMILES string of the molecule is O[C@@]12CCCC[C@@H]1[C@@H](c1c(Cl)cccc1Cl)NCC2. The van der Waals surface area contributed by atoms with E-state index in [4.69, 9.17) is 23.2 Å². The van der Waals surface area contributed by atoms with Gasteiger partial charge in [0, 0.05) is 27.6 Å². The molecule has 1 saturated carbocycles. The number of aliphatic hydroxyl groups is 1. The minimum Gasteiger partial charge on any atom is -0.389 e. The van der Waals surface area contributed by atoms with Crippen molar-refractivity contribution in [3.05, 3.63) is 33.8 Å². The Balaban J connectivity index is 1.99. The fourth-order valence-corrected chi connectivity index (χ4v) is 4.37. The first kappa shape index (κ1) is 13.7. The van der Waals surface area contributed by atoms with Crippen LogP contribution in [0.25, 0.3) is 0 Å². The third-order valence-electron chi connectivity index (χ3n) is 4.70. The van der Waals surface area contributed by atoms with Crippen LogP contribution in [0.1, 0.15) is 43.7 Å². The van der Waals surface area contributed by atoms with E-state index in [1.165, 1.54) is 6.42 Å². The first-order chi connectivity index (χ1) is 9.12. The van der Waals surface area contributed by atoms with Crippen molar-refractivity contribution in [3.8, 4) is 0 Å².